The largest absolute Gasteiger partial charge is 0.314 e. The van der Waals surface area contributed by atoms with Gasteiger partial charge in [-0.2, -0.15) is 12.7 Å². The second-order valence-corrected chi connectivity index (χ2v) is 5.70. The van der Waals surface area contributed by atoms with Crippen molar-refractivity contribution in [3.05, 3.63) is 0 Å². The Balaban J connectivity index is 1.85. The molecule has 1 saturated carbocycles. The topological polar surface area (TPSA) is 61.4 Å². The number of piperazine rings is 1. The normalized spacial score (nSPS) is 25.1. The SMILES string of the molecule is O=S(=O)(NCC1CC1)N1CCNCC1. The maximum Gasteiger partial charge on any atom is 0.279 e. The molecular weight excluding hydrogens is 202 g/mol. The van der Waals surface area contributed by atoms with Gasteiger partial charge in [0.15, 0.2) is 0 Å². The molecule has 0 radical (unpaired) electrons. The molecule has 0 spiro atoms. The van der Waals surface area contributed by atoms with Crippen molar-refractivity contribution in [2.24, 2.45) is 5.92 Å². The molecule has 0 aromatic heterocycles. The van der Waals surface area contributed by atoms with Gasteiger partial charge in [-0.15, -0.1) is 0 Å². The van der Waals surface area contributed by atoms with Crippen LogP contribution >= 0.6 is 0 Å². The summed E-state index contributed by atoms with van der Waals surface area (Å²) in [6.07, 6.45) is 2.34. The van der Waals surface area contributed by atoms with Gasteiger partial charge in [-0.3, -0.25) is 0 Å². The van der Waals surface area contributed by atoms with Gasteiger partial charge in [-0.25, -0.2) is 4.72 Å². The van der Waals surface area contributed by atoms with Crippen molar-refractivity contribution in [2.45, 2.75) is 12.8 Å². The van der Waals surface area contributed by atoms with E-state index in [2.05, 4.69) is 10.0 Å². The summed E-state index contributed by atoms with van der Waals surface area (Å²) >= 11 is 0. The van der Waals surface area contributed by atoms with Crippen molar-refractivity contribution >= 4 is 10.2 Å². The first kappa shape index (κ1) is 10.4. The van der Waals surface area contributed by atoms with Gasteiger partial charge in [0, 0.05) is 32.7 Å². The summed E-state index contributed by atoms with van der Waals surface area (Å²) in [4.78, 5) is 0. The molecule has 0 amide bonds. The van der Waals surface area contributed by atoms with E-state index in [-0.39, 0.29) is 0 Å². The van der Waals surface area contributed by atoms with Gasteiger partial charge >= 0.3 is 0 Å². The fourth-order valence-electron chi connectivity index (χ4n) is 1.52. The molecule has 0 unspecified atom stereocenters. The van der Waals surface area contributed by atoms with Crippen LogP contribution < -0.4 is 10.0 Å². The maximum absolute atomic E-state index is 11.7. The monoisotopic (exact) mass is 219 g/mol. The Hall–Kier alpha value is -0.170. The van der Waals surface area contributed by atoms with Crippen LogP contribution in [0.1, 0.15) is 12.8 Å². The zero-order valence-corrected chi connectivity index (χ0v) is 9.02. The Morgan fingerprint density at radius 2 is 1.93 bits per heavy atom. The zero-order chi connectivity index (χ0) is 10.0. The molecule has 1 aliphatic heterocycles. The lowest BCUT2D eigenvalue weighted by Gasteiger charge is -2.26. The van der Waals surface area contributed by atoms with E-state index >= 15 is 0 Å². The molecule has 2 N–H and O–H groups in total. The first-order chi connectivity index (χ1) is 6.68. The standard InChI is InChI=1S/C8H17N3O2S/c12-14(13,10-7-8-1-2-8)11-5-3-9-4-6-11/h8-10H,1-7H2. The lowest BCUT2D eigenvalue weighted by atomic mass is 10.4. The Morgan fingerprint density at radius 1 is 1.29 bits per heavy atom. The second kappa shape index (κ2) is 4.14. The van der Waals surface area contributed by atoms with E-state index in [0.29, 0.717) is 25.6 Å². The van der Waals surface area contributed by atoms with Crippen molar-refractivity contribution in [2.75, 3.05) is 32.7 Å². The quantitative estimate of drug-likeness (QED) is 0.646. The van der Waals surface area contributed by atoms with E-state index in [1.807, 2.05) is 0 Å². The summed E-state index contributed by atoms with van der Waals surface area (Å²) < 4.78 is 27.6. The van der Waals surface area contributed by atoms with Crippen LogP contribution in [0, 0.1) is 5.92 Å². The summed E-state index contributed by atoms with van der Waals surface area (Å²) in [5.41, 5.74) is 0. The van der Waals surface area contributed by atoms with E-state index in [1.54, 1.807) is 0 Å². The molecule has 0 bridgehead atoms. The number of nitrogens with zero attached hydrogens (tertiary/aromatic N) is 1. The van der Waals surface area contributed by atoms with Gasteiger partial charge in [0.05, 0.1) is 0 Å². The molecule has 1 aliphatic carbocycles. The molecule has 6 heteroatoms. The molecular formula is C8H17N3O2S. The number of hydrogen-bond acceptors (Lipinski definition) is 3. The van der Waals surface area contributed by atoms with Crippen molar-refractivity contribution in [3.63, 3.8) is 0 Å². The first-order valence-corrected chi connectivity index (χ1v) is 6.58. The summed E-state index contributed by atoms with van der Waals surface area (Å²) in [5, 5.41) is 3.13. The summed E-state index contributed by atoms with van der Waals surface area (Å²) in [6, 6.07) is 0. The molecule has 0 aromatic rings. The average molecular weight is 219 g/mol. The van der Waals surface area contributed by atoms with Gasteiger partial charge in [0.25, 0.3) is 10.2 Å². The van der Waals surface area contributed by atoms with Crippen LogP contribution in [0.15, 0.2) is 0 Å². The van der Waals surface area contributed by atoms with Crippen LogP contribution in [-0.2, 0) is 10.2 Å². The minimum absolute atomic E-state index is 0.583. The fraction of sp³-hybridized carbons (Fsp3) is 1.00. The predicted octanol–water partition coefficient (Wildman–Crippen LogP) is -0.864. The van der Waals surface area contributed by atoms with E-state index in [1.165, 1.54) is 17.1 Å². The summed E-state index contributed by atoms with van der Waals surface area (Å²) in [6.45, 7) is 3.29. The summed E-state index contributed by atoms with van der Waals surface area (Å²) in [7, 11) is -3.20. The third kappa shape index (κ3) is 2.66. The molecule has 2 fully saturated rings. The Kier molecular flexibility index (Phi) is 3.06. The van der Waals surface area contributed by atoms with Crippen molar-refractivity contribution in [1.82, 2.24) is 14.3 Å². The molecule has 82 valence electrons. The number of nitrogens with one attached hydrogen (secondary N) is 2. The molecule has 1 heterocycles. The molecule has 14 heavy (non-hydrogen) atoms. The summed E-state index contributed by atoms with van der Waals surface area (Å²) in [5.74, 6) is 0.590. The lowest BCUT2D eigenvalue weighted by molar-refractivity contribution is 0.354. The van der Waals surface area contributed by atoms with Gasteiger partial charge in [0.1, 0.15) is 0 Å². The van der Waals surface area contributed by atoms with Crippen LogP contribution in [0.5, 0.6) is 0 Å². The highest BCUT2D eigenvalue weighted by atomic mass is 32.2. The first-order valence-electron chi connectivity index (χ1n) is 5.14. The zero-order valence-electron chi connectivity index (χ0n) is 8.20. The minimum atomic E-state index is -3.20. The van der Waals surface area contributed by atoms with Crippen LogP contribution in [0.3, 0.4) is 0 Å². The molecule has 1 saturated heterocycles. The van der Waals surface area contributed by atoms with E-state index in [9.17, 15) is 8.42 Å². The Labute approximate surface area is 85.0 Å². The van der Waals surface area contributed by atoms with E-state index < -0.39 is 10.2 Å². The molecule has 0 aromatic carbocycles. The fourth-order valence-corrected chi connectivity index (χ4v) is 2.81. The van der Waals surface area contributed by atoms with Crippen molar-refractivity contribution < 1.29 is 8.42 Å². The van der Waals surface area contributed by atoms with E-state index in [0.717, 1.165) is 13.1 Å². The van der Waals surface area contributed by atoms with Crippen LogP contribution in [0.2, 0.25) is 0 Å². The van der Waals surface area contributed by atoms with Crippen LogP contribution in [0.4, 0.5) is 0 Å². The highest BCUT2D eigenvalue weighted by Gasteiger charge is 2.27. The third-order valence-corrected chi connectivity index (χ3v) is 4.24. The molecule has 5 nitrogen and oxygen atoms in total. The molecule has 2 rings (SSSR count). The van der Waals surface area contributed by atoms with Gasteiger partial charge < -0.3 is 5.32 Å². The van der Waals surface area contributed by atoms with Gasteiger partial charge in [0.2, 0.25) is 0 Å². The number of rotatable bonds is 4. The highest BCUT2D eigenvalue weighted by molar-refractivity contribution is 7.87. The van der Waals surface area contributed by atoms with E-state index in [4.69, 9.17) is 0 Å². The predicted molar refractivity (Wildman–Crippen MR) is 54.1 cm³/mol. The van der Waals surface area contributed by atoms with Gasteiger partial charge in [-0.05, 0) is 18.8 Å². The Bertz CT molecular complexity index is 281. The number of hydrogen-bond donors (Lipinski definition) is 2. The molecule has 2 aliphatic rings. The van der Waals surface area contributed by atoms with Gasteiger partial charge in [-0.1, -0.05) is 0 Å². The third-order valence-electron chi connectivity index (χ3n) is 2.67. The molecule has 0 atom stereocenters. The average Bonchev–Trinajstić information content (AvgIpc) is 3.00. The van der Waals surface area contributed by atoms with Crippen molar-refractivity contribution in [1.29, 1.82) is 0 Å². The smallest absolute Gasteiger partial charge is 0.279 e. The van der Waals surface area contributed by atoms with Crippen LogP contribution in [-0.4, -0.2) is 45.4 Å². The highest BCUT2D eigenvalue weighted by Crippen LogP contribution is 2.27. The minimum Gasteiger partial charge on any atom is -0.314 e. The Morgan fingerprint density at radius 3 is 2.50 bits per heavy atom. The maximum atomic E-state index is 11.7. The van der Waals surface area contributed by atoms with Crippen molar-refractivity contribution in [3.8, 4) is 0 Å². The second-order valence-electron chi connectivity index (χ2n) is 3.95. The van der Waals surface area contributed by atoms with Crippen LogP contribution in [0.25, 0.3) is 0 Å². The lowest BCUT2D eigenvalue weighted by Crippen LogP contribution is -2.50.